The monoisotopic (exact) mass is 307 g/mol. The van der Waals surface area contributed by atoms with Gasteiger partial charge >= 0.3 is 0 Å². The first-order chi connectivity index (χ1) is 10.0. The highest BCUT2D eigenvalue weighted by Crippen LogP contribution is 2.20. The van der Waals surface area contributed by atoms with Gasteiger partial charge in [-0.3, -0.25) is 14.9 Å². The number of nitrogens with one attached hydrogen (secondary N) is 2. The minimum Gasteiger partial charge on any atom is -0.373 e. The fraction of sp³-hybridized carbons (Fsp3) is 0.250. The number of aryl methyl sites for hydroxylation is 1. The molecule has 0 unspecified atom stereocenters. The highest BCUT2D eigenvalue weighted by Gasteiger charge is 2.21. The van der Waals surface area contributed by atoms with Crippen molar-refractivity contribution in [1.29, 1.82) is 0 Å². The quantitative estimate of drug-likeness (QED) is 0.643. The van der Waals surface area contributed by atoms with E-state index >= 15 is 0 Å². The van der Waals surface area contributed by atoms with E-state index in [2.05, 4.69) is 20.6 Å². The number of aromatic nitrogens is 2. The molecule has 0 aliphatic carbocycles. The standard InChI is InChI=1S/C12H13N5O3S/c1-7-10(21-6-16-7)5-15-12(18)8-3-11(13-2)14-4-9(8)17(19)20/h3-4,6H,5H2,1-2H3,(H,13,14)(H,15,18). The van der Waals surface area contributed by atoms with Crippen molar-refractivity contribution in [2.24, 2.45) is 0 Å². The van der Waals surface area contributed by atoms with E-state index in [0.717, 1.165) is 16.8 Å². The molecule has 2 heterocycles. The number of nitro groups is 1. The zero-order valence-electron chi connectivity index (χ0n) is 11.4. The average Bonchev–Trinajstić information content (AvgIpc) is 2.89. The third-order valence-corrected chi connectivity index (χ3v) is 3.77. The van der Waals surface area contributed by atoms with Gasteiger partial charge in [-0.2, -0.15) is 0 Å². The highest BCUT2D eigenvalue weighted by molar-refractivity contribution is 7.09. The number of carbonyl (C=O) groups is 1. The van der Waals surface area contributed by atoms with Gasteiger partial charge in [-0.15, -0.1) is 11.3 Å². The summed E-state index contributed by atoms with van der Waals surface area (Å²) in [5.41, 5.74) is 2.17. The van der Waals surface area contributed by atoms with Crippen molar-refractivity contribution in [2.45, 2.75) is 13.5 Å². The lowest BCUT2D eigenvalue weighted by Crippen LogP contribution is -2.24. The molecule has 0 radical (unpaired) electrons. The van der Waals surface area contributed by atoms with Crippen LogP contribution in [-0.4, -0.2) is 27.8 Å². The summed E-state index contributed by atoms with van der Waals surface area (Å²) in [6.45, 7) is 2.12. The van der Waals surface area contributed by atoms with E-state index in [1.165, 1.54) is 17.4 Å². The maximum atomic E-state index is 12.2. The molecule has 1 amide bonds. The molecule has 9 heteroatoms. The van der Waals surface area contributed by atoms with Gasteiger partial charge in [0.05, 0.1) is 22.7 Å². The molecule has 0 aliphatic heterocycles. The van der Waals surface area contributed by atoms with Gasteiger partial charge in [-0.25, -0.2) is 9.97 Å². The summed E-state index contributed by atoms with van der Waals surface area (Å²) in [5, 5.41) is 16.4. The minimum atomic E-state index is -0.626. The number of rotatable bonds is 5. The molecule has 0 bridgehead atoms. The molecule has 0 saturated heterocycles. The summed E-state index contributed by atoms with van der Waals surface area (Å²) in [6, 6.07) is 1.35. The van der Waals surface area contributed by atoms with Gasteiger partial charge in [0.1, 0.15) is 17.6 Å². The van der Waals surface area contributed by atoms with E-state index in [-0.39, 0.29) is 17.8 Å². The lowest BCUT2D eigenvalue weighted by molar-refractivity contribution is -0.385. The van der Waals surface area contributed by atoms with Crippen LogP contribution in [0.25, 0.3) is 0 Å². The van der Waals surface area contributed by atoms with Crippen LogP contribution in [-0.2, 0) is 6.54 Å². The Bertz CT molecular complexity index is 685. The van der Waals surface area contributed by atoms with Gasteiger partial charge in [0.2, 0.25) is 0 Å². The van der Waals surface area contributed by atoms with E-state index in [4.69, 9.17) is 0 Å². The Morgan fingerprint density at radius 2 is 2.24 bits per heavy atom. The van der Waals surface area contributed by atoms with E-state index < -0.39 is 10.8 Å². The smallest absolute Gasteiger partial charge is 0.300 e. The van der Waals surface area contributed by atoms with Gasteiger partial charge in [0.15, 0.2) is 0 Å². The third kappa shape index (κ3) is 3.31. The van der Waals surface area contributed by atoms with Crippen LogP contribution in [0.4, 0.5) is 11.5 Å². The number of hydrogen-bond acceptors (Lipinski definition) is 7. The number of pyridine rings is 1. The van der Waals surface area contributed by atoms with Crippen LogP contribution >= 0.6 is 11.3 Å². The number of carbonyl (C=O) groups excluding carboxylic acids is 1. The van der Waals surface area contributed by atoms with Crippen LogP contribution in [0.5, 0.6) is 0 Å². The van der Waals surface area contributed by atoms with Crippen LogP contribution in [0.3, 0.4) is 0 Å². The Labute approximate surface area is 124 Å². The van der Waals surface area contributed by atoms with Gasteiger partial charge in [0, 0.05) is 18.0 Å². The van der Waals surface area contributed by atoms with Gasteiger partial charge in [0.25, 0.3) is 11.6 Å². The average molecular weight is 307 g/mol. The van der Waals surface area contributed by atoms with Crippen LogP contribution in [0, 0.1) is 17.0 Å². The normalized spacial score (nSPS) is 10.2. The lowest BCUT2D eigenvalue weighted by Gasteiger charge is -2.06. The van der Waals surface area contributed by atoms with Crippen molar-refractivity contribution in [1.82, 2.24) is 15.3 Å². The van der Waals surface area contributed by atoms with E-state index in [9.17, 15) is 14.9 Å². The van der Waals surface area contributed by atoms with Crippen LogP contribution in [0.1, 0.15) is 20.9 Å². The van der Waals surface area contributed by atoms with Crippen molar-refractivity contribution >= 4 is 28.7 Å². The van der Waals surface area contributed by atoms with Crippen LogP contribution in [0.2, 0.25) is 0 Å². The molecule has 2 rings (SSSR count). The first kappa shape index (κ1) is 14.9. The largest absolute Gasteiger partial charge is 0.373 e. The van der Waals surface area contributed by atoms with Gasteiger partial charge in [-0.05, 0) is 6.92 Å². The first-order valence-electron chi connectivity index (χ1n) is 6.02. The molecule has 0 saturated carbocycles. The van der Waals surface area contributed by atoms with Crippen molar-refractivity contribution in [3.05, 3.63) is 44.0 Å². The number of hydrogen-bond donors (Lipinski definition) is 2. The Hall–Kier alpha value is -2.55. The predicted molar refractivity (Wildman–Crippen MR) is 78.5 cm³/mol. The van der Waals surface area contributed by atoms with Crippen molar-refractivity contribution < 1.29 is 9.72 Å². The SMILES string of the molecule is CNc1cc(C(=O)NCc2scnc2C)c([N+](=O)[O-])cn1. The zero-order valence-corrected chi connectivity index (χ0v) is 12.2. The molecular weight excluding hydrogens is 294 g/mol. The Morgan fingerprint density at radius 3 is 2.81 bits per heavy atom. The number of anilines is 1. The molecule has 0 spiro atoms. The van der Waals surface area contributed by atoms with Gasteiger partial charge < -0.3 is 10.6 Å². The van der Waals surface area contributed by atoms with Crippen molar-refractivity contribution in [3.8, 4) is 0 Å². The fourth-order valence-corrected chi connectivity index (χ4v) is 2.38. The van der Waals surface area contributed by atoms with E-state index in [1.807, 2.05) is 6.92 Å². The Morgan fingerprint density at radius 1 is 1.48 bits per heavy atom. The van der Waals surface area contributed by atoms with E-state index in [1.54, 1.807) is 12.6 Å². The second kappa shape index (κ2) is 6.27. The molecule has 2 N–H and O–H groups in total. The zero-order chi connectivity index (χ0) is 15.4. The highest BCUT2D eigenvalue weighted by atomic mass is 32.1. The molecule has 8 nitrogen and oxygen atoms in total. The number of thiazole rings is 1. The molecule has 2 aromatic rings. The van der Waals surface area contributed by atoms with Gasteiger partial charge in [-0.1, -0.05) is 0 Å². The topological polar surface area (TPSA) is 110 Å². The van der Waals surface area contributed by atoms with Crippen LogP contribution < -0.4 is 10.6 Å². The van der Waals surface area contributed by atoms with E-state index in [0.29, 0.717) is 5.82 Å². The Balaban J connectivity index is 2.21. The molecule has 21 heavy (non-hydrogen) atoms. The number of amides is 1. The summed E-state index contributed by atoms with van der Waals surface area (Å²) in [4.78, 5) is 31.3. The molecule has 0 aliphatic rings. The molecule has 0 atom stereocenters. The number of nitrogens with zero attached hydrogens (tertiary/aromatic N) is 3. The summed E-state index contributed by atoms with van der Waals surface area (Å²) in [6.07, 6.45) is 1.07. The maximum Gasteiger partial charge on any atom is 0.300 e. The third-order valence-electron chi connectivity index (χ3n) is 2.83. The summed E-state index contributed by atoms with van der Waals surface area (Å²) in [7, 11) is 1.62. The summed E-state index contributed by atoms with van der Waals surface area (Å²) in [5.74, 6) is -0.131. The fourth-order valence-electron chi connectivity index (χ4n) is 1.66. The minimum absolute atomic E-state index is 0.0264. The lowest BCUT2D eigenvalue weighted by atomic mass is 10.2. The van der Waals surface area contributed by atoms with Crippen molar-refractivity contribution in [2.75, 3.05) is 12.4 Å². The summed E-state index contributed by atoms with van der Waals surface area (Å²) < 4.78 is 0. The Kier molecular flexibility index (Phi) is 4.43. The molecule has 0 aromatic carbocycles. The molecule has 0 fully saturated rings. The second-order valence-electron chi connectivity index (χ2n) is 4.14. The first-order valence-corrected chi connectivity index (χ1v) is 6.90. The second-order valence-corrected chi connectivity index (χ2v) is 5.08. The van der Waals surface area contributed by atoms with Crippen LogP contribution in [0.15, 0.2) is 17.8 Å². The molecular formula is C12H13N5O3S. The molecule has 2 aromatic heterocycles. The predicted octanol–water partition coefficient (Wildman–Crippen LogP) is 1.73. The summed E-state index contributed by atoms with van der Waals surface area (Å²) >= 11 is 1.42. The van der Waals surface area contributed by atoms with Crippen molar-refractivity contribution in [3.63, 3.8) is 0 Å². The maximum absolute atomic E-state index is 12.2. The molecule has 110 valence electrons.